The highest BCUT2D eigenvalue weighted by molar-refractivity contribution is 5.65. The zero-order valence-corrected chi connectivity index (χ0v) is 14.7. The summed E-state index contributed by atoms with van der Waals surface area (Å²) in [5.41, 5.74) is 1.52. The molecule has 1 aromatic rings. The number of benzene rings is 1. The Morgan fingerprint density at radius 2 is 1.92 bits per heavy atom. The van der Waals surface area contributed by atoms with Gasteiger partial charge in [-0.1, -0.05) is 0 Å². The minimum Gasteiger partial charge on any atom is -0.465 e. The lowest BCUT2D eigenvalue weighted by atomic mass is 9.72. The van der Waals surface area contributed by atoms with E-state index >= 15 is 0 Å². The normalized spacial score (nSPS) is 24.8. The molecule has 0 radical (unpaired) electrons. The molecule has 3 saturated heterocycles. The lowest BCUT2D eigenvalue weighted by Crippen LogP contribution is -2.72. The topological polar surface area (TPSA) is 90.2 Å². The van der Waals surface area contributed by atoms with E-state index < -0.39 is 6.09 Å². The van der Waals surface area contributed by atoms with Crippen molar-refractivity contribution in [2.24, 2.45) is 11.3 Å². The van der Waals surface area contributed by atoms with E-state index in [4.69, 9.17) is 5.11 Å². The van der Waals surface area contributed by atoms with E-state index in [1.54, 1.807) is 17.0 Å². The van der Waals surface area contributed by atoms with Crippen molar-refractivity contribution < 1.29 is 14.8 Å². The van der Waals surface area contributed by atoms with Gasteiger partial charge in [-0.3, -0.25) is 10.1 Å². The van der Waals surface area contributed by atoms with Crippen LogP contribution in [0.25, 0.3) is 0 Å². The van der Waals surface area contributed by atoms with Crippen molar-refractivity contribution in [3.8, 4) is 0 Å². The number of rotatable bonds is 4. The SMILES string of the molecule is O=C(O)N1CCCC(CN2CC3(C2)CN(c2ccc([N+](=O)[O-])cc2)C3)C1. The van der Waals surface area contributed by atoms with Crippen LogP contribution in [0.1, 0.15) is 12.8 Å². The molecule has 1 spiro atoms. The van der Waals surface area contributed by atoms with Crippen molar-refractivity contribution in [2.75, 3.05) is 50.7 Å². The van der Waals surface area contributed by atoms with E-state index in [2.05, 4.69) is 9.80 Å². The van der Waals surface area contributed by atoms with Gasteiger partial charge >= 0.3 is 6.09 Å². The highest BCUT2D eigenvalue weighted by atomic mass is 16.6. The zero-order valence-electron chi connectivity index (χ0n) is 14.7. The highest BCUT2D eigenvalue weighted by Crippen LogP contribution is 2.42. The summed E-state index contributed by atoms with van der Waals surface area (Å²) in [4.78, 5) is 27.7. The van der Waals surface area contributed by atoms with Crippen LogP contribution >= 0.6 is 0 Å². The first-order chi connectivity index (χ1) is 12.4. The number of hydrogen-bond donors (Lipinski definition) is 1. The Morgan fingerprint density at radius 3 is 2.54 bits per heavy atom. The molecule has 3 aliphatic rings. The minimum absolute atomic E-state index is 0.127. The Labute approximate surface area is 152 Å². The second-order valence-corrected chi connectivity index (χ2v) is 8.04. The number of nitro benzene ring substituents is 1. The maximum Gasteiger partial charge on any atom is 0.407 e. The molecule has 140 valence electrons. The molecular weight excluding hydrogens is 336 g/mol. The van der Waals surface area contributed by atoms with Crippen molar-refractivity contribution in [2.45, 2.75) is 12.8 Å². The number of nitro groups is 1. The Hall–Kier alpha value is -2.35. The predicted octanol–water partition coefficient (Wildman–Crippen LogP) is 2.11. The molecule has 0 aromatic heterocycles. The maximum absolute atomic E-state index is 11.1. The van der Waals surface area contributed by atoms with E-state index in [0.717, 1.165) is 51.3 Å². The van der Waals surface area contributed by atoms with Crippen LogP contribution in [-0.2, 0) is 0 Å². The predicted molar refractivity (Wildman–Crippen MR) is 96.5 cm³/mol. The first-order valence-electron chi connectivity index (χ1n) is 9.14. The van der Waals surface area contributed by atoms with Gasteiger partial charge in [0, 0.05) is 69.0 Å². The molecule has 3 heterocycles. The van der Waals surface area contributed by atoms with Crippen molar-refractivity contribution in [1.29, 1.82) is 0 Å². The molecule has 8 nitrogen and oxygen atoms in total. The number of anilines is 1. The first-order valence-corrected chi connectivity index (χ1v) is 9.14. The molecule has 1 amide bonds. The second-order valence-electron chi connectivity index (χ2n) is 8.04. The number of piperidine rings is 1. The molecule has 1 aromatic carbocycles. The van der Waals surface area contributed by atoms with Gasteiger partial charge in [-0.05, 0) is 30.9 Å². The fraction of sp³-hybridized carbons (Fsp3) is 0.611. The van der Waals surface area contributed by atoms with Gasteiger partial charge in [0.05, 0.1) is 4.92 Å². The number of non-ortho nitro benzene ring substituents is 1. The zero-order chi connectivity index (χ0) is 18.3. The fourth-order valence-corrected chi connectivity index (χ4v) is 4.72. The number of nitrogens with zero attached hydrogens (tertiary/aromatic N) is 4. The van der Waals surface area contributed by atoms with Crippen LogP contribution in [0, 0.1) is 21.4 Å². The quantitative estimate of drug-likeness (QED) is 0.653. The minimum atomic E-state index is -0.799. The Kier molecular flexibility index (Phi) is 4.22. The van der Waals surface area contributed by atoms with E-state index in [0.29, 0.717) is 24.4 Å². The average Bonchev–Trinajstić information content (AvgIpc) is 2.56. The molecule has 3 fully saturated rings. The lowest BCUT2D eigenvalue weighted by Gasteiger charge is -2.61. The van der Waals surface area contributed by atoms with Gasteiger partial charge in [0.25, 0.3) is 5.69 Å². The van der Waals surface area contributed by atoms with Gasteiger partial charge in [0.1, 0.15) is 0 Å². The monoisotopic (exact) mass is 360 g/mol. The Balaban J connectivity index is 1.23. The largest absolute Gasteiger partial charge is 0.465 e. The summed E-state index contributed by atoms with van der Waals surface area (Å²) in [6, 6.07) is 6.77. The summed E-state index contributed by atoms with van der Waals surface area (Å²) < 4.78 is 0. The van der Waals surface area contributed by atoms with Crippen molar-refractivity contribution in [3.63, 3.8) is 0 Å². The van der Waals surface area contributed by atoms with Gasteiger partial charge < -0.3 is 19.8 Å². The molecule has 3 aliphatic heterocycles. The summed E-state index contributed by atoms with van der Waals surface area (Å²) in [7, 11) is 0. The standard InChI is InChI=1S/C18H24N4O4/c23-17(24)20-7-1-2-14(9-20)8-19-10-18(11-19)12-21(13-18)15-3-5-16(6-4-15)22(25)26/h3-6,14H,1-2,7-13H2,(H,23,24). The van der Waals surface area contributed by atoms with Gasteiger partial charge in [0.2, 0.25) is 0 Å². The number of carboxylic acid groups (broad SMARTS) is 1. The summed E-state index contributed by atoms with van der Waals surface area (Å²) >= 11 is 0. The number of amides is 1. The lowest BCUT2D eigenvalue weighted by molar-refractivity contribution is -0.384. The maximum atomic E-state index is 11.1. The Morgan fingerprint density at radius 1 is 1.23 bits per heavy atom. The Bertz CT molecular complexity index is 694. The van der Waals surface area contributed by atoms with E-state index in [-0.39, 0.29) is 10.6 Å². The molecule has 4 rings (SSSR count). The third-order valence-electron chi connectivity index (χ3n) is 5.90. The van der Waals surface area contributed by atoms with Crippen LogP contribution in [0.3, 0.4) is 0 Å². The third kappa shape index (κ3) is 3.21. The van der Waals surface area contributed by atoms with Crippen molar-refractivity contribution in [1.82, 2.24) is 9.80 Å². The van der Waals surface area contributed by atoms with Crippen LogP contribution in [0.5, 0.6) is 0 Å². The van der Waals surface area contributed by atoms with E-state index in [9.17, 15) is 14.9 Å². The molecular formula is C18H24N4O4. The smallest absolute Gasteiger partial charge is 0.407 e. The fourth-order valence-electron chi connectivity index (χ4n) is 4.72. The molecule has 0 aliphatic carbocycles. The van der Waals surface area contributed by atoms with Crippen LogP contribution in [0.15, 0.2) is 24.3 Å². The van der Waals surface area contributed by atoms with Crippen molar-refractivity contribution in [3.05, 3.63) is 34.4 Å². The summed E-state index contributed by atoms with van der Waals surface area (Å²) in [5, 5.41) is 19.9. The van der Waals surface area contributed by atoms with E-state index in [1.165, 1.54) is 0 Å². The number of likely N-dealkylation sites (tertiary alicyclic amines) is 2. The van der Waals surface area contributed by atoms with Gasteiger partial charge in [-0.25, -0.2) is 4.79 Å². The summed E-state index contributed by atoms with van der Waals surface area (Å²) in [6.07, 6.45) is 1.28. The van der Waals surface area contributed by atoms with Crippen LogP contribution in [0.4, 0.5) is 16.2 Å². The number of hydrogen-bond acceptors (Lipinski definition) is 5. The van der Waals surface area contributed by atoms with Crippen LogP contribution in [0.2, 0.25) is 0 Å². The average molecular weight is 360 g/mol. The second kappa shape index (κ2) is 6.42. The van der Waals surface area contributed by atoms with Crippen molar-refractivity contribution >= 4 is 17.5 Å². The molecule has 1 atom stereocenters. The third-order valence-corrected chi connectivity index (χ3v) is 5.90. The van der Waals surface area contributed by atoms with Crippen LogP contribution in [-0.4, -0.2) is 71.7 Å². The summed E-state index contributed by atoms with van der Waals surface area (Å²) in [6.45, 7) is 6.44. The highest BCUT2D eigenvalue weighted by Gasteiger charge is 2.51. The first kappa shape index (κ1) is 17.1. The van der Waals surface area contributed by atoms with Gasteiger partial charge in [-0.2, -0.15) is 0 Å². The molecule has 0 bridgehead atoms. The molecule has 8 heteroatoms. The molecule has 1 unspecified atom stereocenters. The molecule has 1 N–H and O–H groups in total. The summed E-state index contributed by atoms with van der Waals surface area (Å²) in [5.74, 6) is 0.447. The van der Waals surface area contributed by atoms with Gasteiger partial charge in [0.15, 0.2) is 0 Å². The molecule has 0 saturated carbocycles. The van der Waals surface area contributed by atoms with Crippen LogP contribution < -0.4 is 4.90 Å². The number of carbonyl (C=O) groups is 1. The molecule has 26 heavy (non-hydrogen) atoms. The van der Waals surface area contributed by atoms with E-state index in [1.807, 2.05) is 12.1 Å². The van der Waals surface area contributed by atoms with Gasteiger partial charge in [-0.15, -0.1) is 0 Å².